The summed E-state index contributed by atoms with van der Waals surface area (Å²) in [6.45, 7) is 4.45. The lowest BCUT2D eigenvalue weighted by atomic mass is 10.1. The number of carbonyl (C=O) groups excluding carboxylic acids is 1. The minimum Gasteiger partial charge on any atom is -0.457 e. The number of hydrogen-bond acceptors (Lipinski definition) is 3. The molecule has 0 aliphatic carbocycles. The summed E-state index contributed by atoms with van der Waals surface area (Å²) in [5.41, 5.74) is 0.703. The molecule has 5 heteroatoms. The number of para-hydroxylation sites is 1. The number of carbonyl (C=O) groups is 1. The maximum Gasteiger partial charge on any atom is 0.253 e. The Hall–Kier alpha value is -2.04. The number of piperazine rings is 1. The molecule has 0 spiro atoms. The second-order valence-corrected chi connectivity index (χ2v) is 5.55. The molecule has 1 unspecified atom stereocenters. The van der Waals surface area contributed by atoms with Crippen LogP contribution < -0.4 is 10.1 Å². The second-order valence-electron chi connectivity index (χ2n) is 5.55. The van der Waals surface area contributed by atoms with E-state index in [1.54, 1.807) is 0 Å². The van der Waals surface area contributed by atoms with Crippen LogP contribution in [0.3, 0.4) is 0 Å². The van der Waals surface area contributed by atoms with Crippen LogP contribution in [0.5, 0.6) is 11.5 Å². The predicted molar refractivity (Wildman–Crippen MR) is 93.6 cm³/mol. The van der Waals surface area contributed by atoms with Crippen molar-refractivity contribution in [2.75, 3.05) is 19.6 Å². The van der Waals surface area contributed by atoms with Crippen LogP contribution in [0.2, 0.25) is 0 Å². The van der Waals surface area contributed by atoms with Crippen LogP contribution in [0.15, 0.2) is 54.6 Å². The Morgan fingerprint density at radius 1 is 1.09 bits per heavy atom. The number of benzene rings is 2. The highest BCUT2D eigenvalue weighted by Crippen LogP contribution is 2.21. The van der Waals surface area contributed by atoms with Crippen LogP contribution in [0, 0.1) is 0 Å². The number of nitrogens with one attached hydrogen (secondary N) is 1. The third-order valence-corrected chi connectivity index (χ3v) is 3.74. The van der Waals surface area contributed by atoms with Gasteiger partial charge in [-0.1, -0.05) is 18.2 Å². The second kappa shape index (κ2) is 7.99. The summed E-state index contributed by atoms with van der Waals surface area (Å²) < 4.78 is 5.74. The first-order valence-corrected chi connectivity index (χ1v) is 7.58. The van der Waals surface area contributed by atoms with Gasteiger partial charge in [0, 0.05) is 31.2 Å². The fraction of sp³-hybridized carbons (Fsp3) is 0.278. The molecule has 1 N–H and O–H groups in total. The monoisotopic (exact) mass is 332 g/mol. The van der Waals surface area contributed by atoms with Crippen molar-refractivity contribution in [1.29, 1.82) is 0 Å². The molecule has 4 nitrogen and oxygen atoms in total. The van der Waals surface area contributed by atoms with Gasteiger partial charge in [-0.05, 0) is 43.3 Å². The molecule has 1 heterocycles. The van der Waals surface area contributed by atoms with Crippen molar-refractivity contribution in [3.8, 4) is 11.5 Å². The Labute approximate surface area is 142 Å². The van der Waals surface area contributed by atoms with Gasteiger partial charge in [-0.2, -0.15) is 0 Å². The number of ether oxygens (including phenoxy) is 1. The molecule has 2 aromatic rings. The van der Waals surface area contributed by atoms with Crippen molar-refractivity contribution < 1.29 is 9.53 Å². The Kier molecular flexibility index (Phi) is 6.02. The number of halogens is 1. The van der Waals surface area contributed by atoms with E-state index in [0.717, 1.165) is 31.1 Å². The Balaban J connectivity index is 0.00000192. The lowest BCUT2D eigenvalue weighted by molar-refractivity contribution is 0.0709. The summed E-state index contributed by atoms with van der Waals surface area (Å²) in [4.78, 5) is 14.4. The molecule has 1 amide bonds. The Morgan fingerprint density at radius 2 is 1.74 bits per heavy atom. The summed E-state index contributed by atoms with van der Waals surface area (Å²) in [5, 5.41) is 3.34. The van der Waals surface area contributed by atoms with Crippen LogP contribution in [-0.4, -0.2) is 36.5 Å². The average Bonchev–Trinajstić information content (AvgIpc) is 2.56. The van der Waals surface area contributed by atoms with E-state index in [9.17, 15) is 4.79 Å². The fourth-order valence-corrected chi connectivity index (χ4v) is 2.59. The van der Waals surface area contributed by atoms with Gasteiger partial charge >= 0.3 is 0 Å². The molecule has 0 radical (unpaired) electrons. The first-order chi connectivity index (χ1) is 10.7. The smallest absolute Gasteiger partial charge is 0.253 e. The number of amides is 1. The minimum atomic E-state index is 0. The lowest BCUT2D eigenvalue weighted by Crippen LogP contribution is -2.51. The maximum atomic E-state index is 12.5. The van der Waals surface area contributed by atoms with Gasteiger partial charge < -0.3 is 15.0 Å². The molecule has 1 saturated heterocycles. The third kappa shape index (κ3) is 4.47. The highest BCUT2D eigenvalue weighted by Gasteiger charge is 2.21. The molecule has 1 fully saturated rings. The van der Waals surface area contributed by atoms with Crippen LogP contribution in [0.4, 0.5) is 0 Å². The first-order valence-electron chi connectivity index (χ1n) is 7.58. The minimum absolute atomic E-state index is 0. The van der Waals surface area contributed by atoms with Crippen molar-refractivity contribution in [3.05, 3.63) is 60.2 Å². The Morgan fingerprint density at radius 3 is 2.39 bits per heavy atom. The summed E-state index contributed by atoms with van der Waals surface area (Å²) >= 11 is 0. The van der Waals surface area contributed by atoms with Crippen LogP contribution in [-0.2, 0) is 0 Å². The van der Waals surface area contributed by atoms with E-state index in [1.807, 2.05) is 59.5 Å². The molecule has 3 rings (SSSR count). The van der Waals surface area contributed by atoms with Gasteiger partial charge in [-0.15, -0.1) is 12.4 Å². The average molecular weight is 333 g/mol. The SMILES string of the molecule is CC1CN(C(=O)c2ccc(Oc3ccccc3)cc2)CCN1.Cl. The molecule has 122 valence electrons. The molecule has 0 aromatic heterocycles. The summed E-state index contributed by atoms with van der Waals surface area (Å²) in [7, 11) is 0. The van der Waals surface area contributed by atoms with E-state index in [0.29, 0.717) is 11.6 Å². The quantitative estimate of drug-likeness (QED) is 0.937. The number of rotatable bonds is 3. The van der Waals surface area contributed by atoms with Crippen molar-refractivity contribution in [1.82, 2.24) is 10.2 Å². The maximum absolute atomic E-state index is 12.5. The van der Waals surface area contributed by atoms with Crippen LogP contribution in [0.1, 0.15) is 17.3 Å². The van der Waals surface area contributed by atoms with Gasteiger partial charge in [-0.3, -0.25) is 4.79 Å². The van der Waals surface area contributed by atoms with E-state index in [2.05, 4.69) is 12.2 Å². The van der Waals surface area contributed by atoms with Gasteiger partial charge in [0.25, 0.3) is 5.91 Å². The van der Waals surface area contributed by atoms with Crippen LogP contribution in [0.25, 0.3) is 0 Å². The van der Waals surface area contributed by atoms with Gasteiger partial charge in [0.05, 0.1) is 0 Å². The van der Waals surface area contributed by atoms with E-state index in [-0.39, 0.29) is 18.3 Å². The van der Waals surface area contributed by atoms with E-state index in [1.165, 1.54) is 0 Å². The molecule has 0 bridgehead atoms. The van der Waals surface area contributed by atoms with Crippen molar-refractivity contribution >= 4 is 18.3 Å². The van der Waals surface area contributed by atoms with Gasteiger partial charge in [0.15, 0.2) is 0 Å². The summed E-state index contributed by atoms with van der Waals surface area (Å²) in [5.74, 6) is 1.61. The summed E-state index contributed by atoms with van der Waals surface area (Å²) in [6, 6.07) is 17.3. The fourth-order valence-electron chi connectivity index (χ4n) is 2.59. The number of hydrogen-bond donors (Lipinski definition) is 1. The van der Waals surface area contributed by atoms with Gasteiger partial charge in [0.1, 0.15) is 11.5 Å². The molecule has 2 aromatic carbocycles. The molecule has 1 aliphatic rings. The largest absolute Gasteiger partial charge is 0.457 e. The lowest BCUT2D eigenvalue weighted by Gasteiger charge is -2.32. The van der Waals surface area contributed by atoms with Gasteiger partial charge in [-0.25, -0.2) is 0 Å². The standard InChI is InChI=1S/C18H20N2O2.ClH/c1-14-13-20(12-11-19-14)18(21)15-7-9-17(10-8-15)22-16-5-3-2-4-6-16;/h2-10,14,19H,11-13H2,1H3;1H. The van der Waals surface area contributed by atoms with E-state index < -0.39 is 0 Å². The molecule has 23 heavy (non-hydrogen) atoms. The zero-order valence-corrected chi connectivity index (χ0v) is 13.9. The third-order valence-electron chi connectivity index (χ3n) is 3.74. The molecule has 1 atom stereocenters. The normalized spacial score (nSPS) is 17.3. The van der Waals surface area contributed by atoms with E-state index in [4.69, 9.17) is 4.74 Å². The number of nitrogens with zero attached hydrogens (tertiary/aromatic N) is 1. The van der Waals surface area contributed by atoms with Crippen molar-refractivity contribution in [3.63, 3.8) is 0 Å². The topological polar surface area (TPSA) is 41.6 Å². The van der Waals surface area contributed by atoms with E-state index >= 15 is 0 Å². The molecular formula is C18H21ClN2O2. The first kappa shape index (κ1) is 17.3. The predicted octanol–water partition coefficient (Wildman–Crippen LogP) is 3.33. The van der Waals surface area contributed by atoms with Crippen molar-refractivity contribution in [2.45, 2.75) is 13.0 Å². The van der Waals surface area contributed by atoms with Gasteiger partial charge in [0.2, 0.25) is 0 Å². The highest BCUT2D eigenvalue weighted by atomic mass is 35.5. The molecule has 0 saturated carbocycles. The Bertz CT molecular complexity index is 631. The zero-order chi connectivity index (χ0) is 15.4. The molecule has 1 aliphatic heterocycles. The van der Waals surface area contributed by atoms with Crippen molar-refractivity contribution in [2.24, 2.45) is 0 Å². The van der Waals surface area contributed by atoms with Crippen LogP contribution >= 0.6 is 12.4 Å². The summed E-state index contributed by atoms with van der Waals surface area (Å²) in [6.07, 6.45) is 0. The molecular weight excluding hydrogens is 312 g/mol. The zero-order valence-electron chi connectivity index (χ0n) is 13.1. The highest BCUT2D eigenvalue weighted by molar-refractivity contribution is 5.94.